The molecular weight excluding hydrogens is 196 g/mol. The average molecular weight is 226 g/mol. The fourth-order valence-corrected chi connectivity index (χ4v) is 2.69. The second-order valence-corrected chi connectivity index (χ2v) is 5.62. The smallest absolute Gasteiger partial charge is 0.00951 e. The van der Waals surface area contributed by atoms with Crippen LogP contribution in [0.25, 0.3) is 0 Å². The van der Waals surface area contributed by atoms with E-state index in [0.29, 0.717) is 12.0 Å². The minimum absolute atomic E-state index is 0.373. The van der Waals surface area contributed by atoms with Crippen LogP contribution in [-0.2, 0) is 0 Å². The average Bonchev–Trinajstić information content (AvgIpc) is 2.30. The highest BCUT2D eigenvalue weighted by atomic mass is 15.1. The molecule has 2 heteroatoms. The molecule has 0 aromatic carbocycles. The topological polar surface area (TPSA) is 29.3 Å². The molecule has 0 saturated heterocycles. The standard InChI is InChI=1S/C14H30N2/c1-4-16(11-10-14(15)12(2)3)13-8-6-5-7-9-13/h12-14H,4-11,15H2,1-3H3/t14-/m1/s1. The van der Waals surface area contributed by atoms with E-state index in [9.17, 15) is 0 Å². The van der Waals surface area contributed by atoms with E-state index in [4.69, 9.17) is 5.73 Å². The molecule has 0 heterocycles. The summed E-state index contributed by atoms with van der Waals surface area (Å²) in [5, 5.41) is 0. The molecule has 2 N–H and O–H groups in total. The second kappa shape index (κ2) is 7.29. The highest BCUT2D eigenvalue weighted by Crippen LogP contribution is 2.22. The van der Waals surface area contributed by atoms with Crippen molar-refractivity contribution >= 4 is 0 Å². The Balaban J connectivity index is 2.30. The van der Waals surface area contributed by atoms with Gasteiger partial charge in [-0.15, -0.1) is 0 Å². The van der Waals surface area contributed by atoms with E-state index in [-0.39, 0.29) is 0 Å². The van der Waals surface area contributed by atoms with Crippen molar-refractivity contribution in [1.82, 2.24) is 4.90 Å². The molecule has 96 valence electrons. The summed E-state index contributed by atoms with van der Waals surface area (Å²) in [5.41, 5.74) is 6.12. The molecule has 1 aliphatic carbocycles. The quantitative estimate of drug-likeness (QED) is 0.754. The maximum absolute atomic E-state index is 6.12. The van der Waals surface area contributed by atoms with Crippen molar-refractivity contribution in [3.63, 3.8) is 0 Å². The first-order valence-electron chi connectivity index (χ1n) is 7.14. The Morgan fingerprint density at radius 2 is 1.81 bits per heavy atom. The van der Waals surface area contributed by atoms with Crippen LogP contribution < -0.4 is 5.73 Å². The van der Waals surface area contributed by atoms with E-state index in [1.54, 1.807) is 0 Å². The lowest BCUT2D eigenvalue weighted by Crippen LogP contribution is -2.40. The highest BCUT2D eigenvalue weighted by Gasteiger charge is 2.20. The van der Waals surface area contributed by atoms with Gasteiger partial charge >= 0.3 is 0 Å². The molecule has 0 amide bonds. The van der Waals surface area contributed by atoms with Crippen LogP contribution in [0, 0.1) is 5.92 Å². The van der Waals surface area contributed by atoms with Gasteiger partial charge in [0.25, 0.3) is 0 Å². The molecule has 1 rings (SSSR count). The van der Waals surface area contributed by atoms with Crippen LogP contribution in [0.3, 0.4) is 0 Å². The van der Waals surface area contributed by atoms with Gasteiger partial charge in [-0.25, -0.2) is 0 Å². The molecule has 0 unspecified atom stereocenters. The van der Waals surface area contributed by atoms with Crippen LogP contribution in [0.15, 0.2) is 0 Å². The Labute approximate surface area is 102 Å². The van der Waals surface area contributed by atoms with Crippen LogP contribution in [0.4, 0.5) is 0 Å². The van der Waals surface area contributed by atoms with Crippen LogP contribution >= 0.6 is 0 Å². The van der Waals surface area contributed by atoms with E-state index in [2.05, 4.69) is 25.7 Å². The Morgan fingerprint density at radius 1 is 1.19 bits per heavy atom. The molecule has 1 atom stereocenters. The Kier molecular flexibility index (Phi) is 6.37. The molecule has 1 saturated carbocycles. The normalized spacial score (nSPS) is 20.6. The predicted molar refractivity (Wildman–Crippen MR) is 71.6 cm³/mol. The van der Waals surface area contributed by atoms with Crippen molar-refractivity contribution in [2.24, 2.45) is 11.7 Å². The van der Waals surface area contributed by atoms with Crippen molar-refractivity contribution in [3.05, 3.63) is 0 Å². The number of rotatable bonds is 6. The van der Waals surface area contributed by atoms with Gasteiger partial charge in [-0.2, -0.15) is 0 Å². The summed E-state index contributed by atoms with van der Waals surface area (Å²) in [6.07, 6.45) is 8.27. The van der Waals surface area contributed by atoms with E-state index in [1.807, 2.05) is 0 Å². The van der Waals surface area contributed by atoms with Gasteiger partial charge in [0.15, 0.2) is 0 Å². The molecule has 0 radical (unpaired) electrons. The van der Waals surface area contributed by atoms with E-state index in [1.165, 1.54) is 45.2 Å². The van der Waals surface area contributed by atoms with Gasteiger partial charge in [-0.05, 0) is 38.3 Å². The first-order chi connectivity index (χ1) is 7.65. The van der Waals surface area contributed by atoms with Crippen LogP contribution in [0.2, 0.25) is 0 Å². The van der Waals surface area contributed by atoms with Gasteiger partial charge in [0.1, 0.15) is 0 Å². The van der Waals surface area contributed by atoms with Crippen molar-refractivity contribution in [3.8, 4) is 0 Å². The molecule has 2 nitrogen and oxygen atoms in total. The number of hydrogen-bond donors (Lipinski definition) is 1. The van der Waals surface area contributed by atoms with Crippen LogP contribution in [-0.4, -0.2) is 30.1 Å². The summed E-state index contributed by atoms with van der Waals surface area (Å²) in [7, 11) is 0. The lowest BCUT2D eigenvalue weighted by molar-refractivity contribution is 0.156. The maximum Gasteiger partial charge on any atom is 0.00951 e. The van der Waals surface area contributed by atoms with Crippen LogP contribution in [0.1, 0.15) is 59.3 Å². The van der Waals surface area contributed by atoms with Gasteiger partial charge in [-0.1, -0.05) is 40.0 Å². The third kappa shape index (κ3) is 4.42. The SMILES string of the molecule is CCN(CC[C@@H](N)C(C)C)C1CCCCC1. The summed E-state index contributed by atoms with van der Waals surface area (Å²) in [6.45, 7) is 9.12. The zero-order chi connectivity index (χ0) is 12.0. The first-order valence-corrected chi connectivity index (χ1v) is 7.14. The Morgan fingerprint density at radius 3 is 2.31 bits per heavy atom. The van der Waals surface area contributed by atoms with Gasteiger partial charge in [-0.3, -0.25) is 0 Å². The van der Waals surface area contributed by atoms with Crippen molar-refractivity contribution in [2.75, 3.05) is 13.1 Å². The zero-order valence-electron chi connectivity index (χ0n) is 11.4. The molecule has 0 bridgehead atoms. The molecule has 0 aliphatic heterocycles. The summed E-state index contributed by atoms with van der Waals surface area (Å²) in [4.78, 5) is 2.65. The Hall–Kier alpha value is -0.0800. The van der Waals surface area contributed by atoms with Crippen molar-refractivity contribution in [2.45, 2.75) is 71.4 Å². The summed E-state index contributed by atoms with van der Waals surface area (Å²) in [5.74, 6) is 0.616. The molecule has 1 aliphatic rings. The van der Waals surface area contributed by atoms with Gasteiger partial charge in [0.2, 0.25) is 0 Å². The lowest BCUT2D eigenvalue weighted by Gasteiger charge is -2.34. The lowest BCUT2D eigenvalue weighted by atomic mass is 9.93. The molecule has 0 spiro atoms. The summed E-state index contributed by atoms with van der Waals surface area (Å²) >= 11 is 0. The zero-order valence-corrected chi connectivity index (χ0v) is 11.4. The molecule has 16 heavy (non-hydrogen) atoms. The molecule has 0 aromatic rings. The second-order valence-electron chi connectivity index (χ2n) is 5.62. The van der Waals surface area contributed by atoms with Gasteiger partial charge in [0.05, 0.1) is 0 Å². The third-order valence-corrected chi connectivity index (χ3v) is 4.10. The highest BCUT2D eigenvalue weighted by molar-refractivity contribution is 4.77. The fraction of sp³-hybridized carbons (Fsp3) is 1.00. The van der Waals surface area contributed by atoms with E-state index in [0.717, 1.165) is 12.5 Å². The number of nitrogens with zero attached hydrogens (tertiary/aromatic N) is 1. The number of hydrogen-bond acceptors (Lipinski definition) is 2. The largest absolute Gasteiger partial charge is 0.327 e. The van der Waals surface area contributed by atoms with E-state index < -0.39 is 0 Å². The van der Waals surface area contributed by atoms with Gasteiger partial charge in [0, 0.05) is 12.1 Å². The van der Waals surface area contributed by atoms with Crippen molar-refractivity contribution in [1.29, 1.82) is 0 Å². The van der Waals surface area contributed by atoms with Crippen molar-refractivity contribution < 1.29 is 0 Å². The minimum atomic E-state index is 0.373. The Bertz CT molecular complexity index is 174. The molecule has 1 fully saturated rings. The minimum Gasteiger partial charge on any atom is -0.327 e. The summed E-state index contributed by atoms with van der Waals surface area (Å²) < 4.78 is 0. The number of nitrogens with two attached hydrogens (primary N) is 1. The maximum atomic E-state index is 6.12. The molecular formula is C14H30N2. The summed E-state index contributed by atoms with van der Waals surface area (Å²) in [6, 6.07) is 1.22. The third-order valence-electron chi connectivity index (χ3n) is 4.10. The molecule has 0 aromatic heterocycles. The van der Waals surface area contributed by atoms with Gasteiger partial charge < -0.3 is 10.6 Å². The predicted octanol–water partition coefficient (Wildman–Crippen LogP) is 3.01. The van der Waals surface area contributed by atoms with E-state index >= 15 is 0 Å². The first kappa shape index (κ1) is 14.0. The van der Waals surface area contributed by atoms with Crippen LogP contribution in [0.5, 0.6) is 0 Å². The monoisotopic (exact) mass is 226 g/mol. The fourth-order valence-electron chi connectivity index (χ4n) is 2.69.